The number of rotatable bonds is 2. The van der Waals surface area contributed by atoms with Crippen LogP contribution in [0.3, 0.4) is 0 Å². The summed E-state index contributed by atoms with van der Waals surface area (Å²) in [6.07, 6.45) is 1.18. The van der Waals surface area contributed by atoms with E-state index in [1.807, 2.05) is 13.8 Å². The molecule has 0 aliphatic carbocycles. The summed E-state index contributed by atoms with van der Waals surface area (Å²) in [7, 11) is -5.74. The number of hydrogen-bond donors (Lipinski definition) is 2. The molecule has 0 aromatic heterocycles. The smallest absolute Gasteiger partial charge is 0.412 e. The van der Waals surface area contributed by atoms with Crippen molar-refractivity contribution in [2.24, 2.45) is 0 Å². The van der Waals surface area contributed by atoms with Gasteiger partial charge < -0.3 is 60.3 Å². The summed E-state index contributed by atoms with van der Waals surface area (Å²) in [4.78, 5) is 0. The molecule has 13 heteroatoms. The Bertz CT molecular complexity index is 664. The first kappa shape index (κ1) is 26.4. The Balaban J connectivity index is 0.000000443. The van der Waals surface area contributed by atoms with Crippen LogP contribution in [0.4, 0.5) is 0 Å². The molecule has 2 N–H and O–H groups in total. The first-order valence-corrected chi connectivity index (χ1v) is 12.3. The topological polar surface area (TPSA) is 92.3 Å². The molecule has 2 unspecified atom stereocenters. The van der Waals surface area contributed by atoms with E-state index in [9.17, 15) is 16.8 Å². The molecule has 2 rings (SSSR count). The molecule has 2 heterocycles. The van der Waals surface area contributed by atoms with Crippen LogP contribution in [0.1, 0.15) is 26.7 Å². The molecule has 6 nitrogen and oxygen atoms in total. The predicted molar refractivity (Wildman–Crippen MR) is 115 cm³/mol. The Morgan fingerprint density at radius 2 is 1.12 bits per heavy atom. The van der Waals surface area contributed by atoms with Crippen molar-refractivity contribution in [2.75, 3.05) is 23.0 Å². The molecule has 0 aromatic rings. The van der Waals surface area contributed by atoms with Crippen molar-refractivity contribution in [1.82, 2.24) is 10.6 Å². The van der Waals surface area contributed by atoms with E-state index in [1.54, 1.807) is 0 Å². The number of thiocarbonyl (C=S) groups is 2. The first-order chi connectivity index (χ1) is 10.7. The summed E-state index contributed by atoms with van der Waals surface area (Å²) in [6, 6.07) is 0. The standard InChI is InChI=1S/2C6H11NO2S3.Ca/c2*1-6(7-5(10)11)2-3-12(8,9)4-6;/h2*2-4H2,1H3,(H2,7,10,11);/q;;+2/p-2. The second-order valence-electron chi connectivity index (χ2n) is 6.63. The average Bonchev–Trinajstić information content (AvgIpc) is 2.73. The van der Waals surface area contributed by atoms with Crippen LogP contribution in [0.2, 0.25) is 0 Å². The molecule has 0 radical (unpaired) electrons. The van der Waals surface area contributed by atoms with Crippen molar-refractivity contribution < 1.29 is 16.8 Å². The van der Waals surface area contributed by atoms with Crippen LogP contribution in [-0.4, -0.2) is 97.3 Å². The third-order valence-electron chi connectivity index (χ3n) is 3.81. The molecule has 2 saturated heterocycles. The van der Waals surface area contributed by atoms with Gasteiger partial charge in [0.05, 0.1) is 23.0 Å². The van der Waals surface area contributed by atoms with E-state index in [2.05, 4.69) is 60.3 Å². The molecule has 2 aliphatic rings. The average molecular weight is 489 g/mol. The van der Waals surface area contributed by atoms with Crippen LogP contribution in [0.25, 0.3) is 0 Å². The molecule has 0 saturated carbocycles. The molecular formula is C12H20CaN2O4S6. The van der Waals surface area contributed by atoms with Crippen molar-refractivity contribution in [3.05, 3.63) is 0 Å². The quantitative estimate of drug-likeness (QED) is 0.304. The minimum absolute atomic E-state index is 0. The molecular weight excluding hydrogens is 469 g/mol. The zero-order valence-electron chi connectivity index (χ0n) is 14.0. The van der Waals surface area contributed by atoms with Gasteiger partial charge in [0.2, 0.25) is 0 Å². The molecule has 0 bridgehead atoms. The van der Waals surface area contributed by atoms with E-state index in [1.165, 1.54) is 0 Å². The van der Waals surface area contributed by atoms with Gasteiger partial charge >= 0.3 is 37.7 Å². The van der Waals surface area contributed by atoms with E-state index >= 15 is 0 Å². The Kier molecular flexibility index (Phi) is 10.3. The van der Waals surface area contributed by atoms with Gasteiger partial charge in [0.1, 0.15) is 0 Å². The summed E-state index contributed by atoms with van der Waals surface area (Å²) in [5.41, 5.74) is -0.866. The first-order valence-electron chi connectivity index (χ1n) is 7.05. The monoisotopic (exact) mass is 488 g/mol. The van der Waals surface area contributed by atoms with Crippen LogP contribution < -0.4 is 10.6 Å². The Hall–Kier alpha value is 1.38. The summed E-state index contributed by atoms with van der Waals surface area (Å²) in [6.45, 7) is 3.66. The van der Waals surface area contributed by atoms with E-state index in [0.29, 0.717) is 12.8 Å². The van der Waals surface area contributed by atoms with Crippen molar-refractivity contribution in [1.29, 1.82) is 0 Å². The molecule has 0 aromatic carbocycles. The fourth-order valence-corrected chi connectivity index (χ4v) is 7.88. The molecule has 2 fully saturated rings. The molecule has 0 spiro atoms. The zero-order chi connectivity index (χ0) is 18.8. The van der Waals surface area contributed by atoms with E-state index in [-0.39, 0.29) is 69.4 Å². The Morgan fingerprint density at radius 3 is 1.28 bits per heavy atom. The molecule has 0 amide bonds. The van der Waals surface area contributed by atoms with Gasteiger partial charge in [-0.25, -0.2) is 16.8 Å². The minimum atomic E-state index is -2.87. The van der Waals surface area contributed by atoms with Crippen molar-refractivity contribution >= 4 is 116 Å². The van der Waals surface area contributed by atoms with Gasteiger partial charge in [-0.3, -0.25) is 0 Å². The van der Waals surface area contributed by atoms with Crippen LogP contribution >= 0.6 is 24.4 Å². The number of hydrogen-bond acceptors (Lipinski definition) is 8. The van der Waals surface area contributed by atoms with Crippen molar-refractivity contribution in [2.45, 2.75) is 37.8 Å². The van der Waals surface area contributed by atoms with Gasteiger partial charge in [-0.1, -0.05) is 8.64 Å². The second-order valence-corrected chi connectivity index (χ2v) is 13.1. The molecule has 2 aliphatic heterocycles. The molecule has 2 atom stereocenters. The van der Waals surface area contributed by atoms with Gasteiger partial charge in [-0.15, -0.1) is 0 Å². The summed E-state index contributed by atoms with van der Waals surface area (Å²) in [5, 5.41) is 5.68. The maximum atomic E-state index is 11.1. The third kappa shape index (κ3) is 9.93. The number of sulfone groups is 2. The van der Waals surface area contributed by atoms with Gasteiger partial charge in [0, 0.05) is 11.1 Å². The largest absolute Gasteiger partial charge is 2.00 e. The van der Waals surface area contributed by atoms with E-state index in [4.69, 9.17) is 0 Å². The van der Waals surface area contributed by atoms with Crippen molar-refractivity contribution in [3.63, 3.8) is 0 Å². The maximum Gasteiger partial charge on any atom is 2.00 e. The summed E-state index contributed by atoms with van der Waals surface area (Å²) >= 11 is 18.8. The van der Waals surface area contributed by atoms with Gasteiger partial charge in [-0.2, -0.15) is 0 Å². The Labute approximate surface area is 201 Å². The minimum Gasteiger partial charge on any atom is -0.412 e. The zero-order valence-corrected chi connectivity index (χ0v) is 21.1. The van der Waals surface area contributed by atoms with Crippen LogP contribution in [-0.2, 0) is 44.9 Å². The normalized spacial score (nSPS) is 31.8. The van der Waals surface area contributed by atoms with E-state index < -0.39 is 30.8 Å². The van der Waals surface area contributed by atoms with Gasteiger partial charge in [0.15, 0.2) is 19.7 Å². The second kappa shape index (κ2) is 9.73. The SMILES string of the molecule is CC1(NC(=S)[S-])CCS(=O)(=O)C1.CC1(NC(=S)[S-])CCS(=O)(=O)C1.[Ca+2]. The molecule has 25 heavy (non-hydrogen) atoms. The van der Waals surface area contributed by atoms with Crippen LogP contribution in [0.5, 0.6) is 0 Å². The fourth-order valence-electron chi connectivity index (χ4n) is 2.71. The van der Waals surface area contributed by atoms with Crippen LogP contribution in [0.15, 0.2) is 0 Å². The maximum absolute atomic E-state index is 11.1. The van der Waals surface area contributed by atoms with Crippen LogP contribution in [0, 0.1) is 0 Å². The van der Waals surface area contributed by atoms with Crippen molar-refractivity contribution in [3.8, 4) is 0 Å². The summed E-state index contributed by atoms with van der Waals surface area (Å²) < 4.78 is 44.9. The molecule has 140 valence electrons. The predicted octanol–water partition coefficient (Wildman–Crippen LogP) is -0.411. The van der Waals surface area contributed by atoms with E-state index in [0.717, 1.165) is 0 Å². The Morgan fingerprint density at radius 1 is 0.840 bits per heavy atom. The third-order valence-corrected chi connectivity index (χ3v) is 8.03. The summed E-state index contributed by atoms with van der Waals surface area (Å²) in [5.74, 6) is 0.733. The van der Waals surface area contributed by atoms with Gasteiger partial charge in [0.25, 0.3) is 0 Å². The number of nitrogens with one attached hydrogen (secondary N) is 2. The van der Waals surface area contributed by atoms with Gasteiger partial charge in [-0.05, 0) is 26.7 Å². The fraction of sp³-hybridized carbons (Fsp3) is 0.833.